The van der Waals surface area contributed by atoms with E-state index in [1.54, 1.807) is 6.20 Å². The van der Waals surface area contributed by atoms with Crippen LogP contribution in [0.25, 0.3) is 0 Å². The molecular weight excluding hydrogens is 290 g/mol. The maximum atomic E-state index is 5.93. The number of aromatic amines is 1. The quantitative estimate of drug-likeness (QED) is 0.879. The summed E-state index contributed by atoms with van der Waals surface area (Å²) in [6, 6.07) is 6.29. The first-order chi connectivity index (χ1) is 11.2. The number of rotatable bonds is 6. The zero-order chi connectivity index (χ0) is 16.1. The molecule has 0 bridgehead atoms. The summed E-state index contributed by atoms with van der Waals surface area (Å²) in [5.74, 6) is 1.01. The average Bonchev–Trinajstić information content (AvgIpc) is 3.06. The summed E-state index contributed by atoms with van der Waals surface area (Å²) in [5.41, 5.74) is 2.48. The first-order valence-electron chi connectivity index (χ1n) is 8.15. The van der Waals surface area contributed by atoms with Crippen LogP contribution in [-0.4, -0.2) is 60.0 Å². The van der Waals surface area contributed by atoms with Gasteiger partial charge >= 0.3 is 0 Å². The zero-order valence-corrected chi connectivity index (χ0v) is 13.9. The molecule has 23 heavy (non-hydrogen) atoms. The fourth-order valence-electron chi connectivity index (χ4n) is 2.90. The number of pyridine rings is 1. The predicted octanol–water partition coefficient (Wildman–Crippen LogP) is 1.70. The number of aromatic nitrogens is 3. The van der Waals surface area contributed by atoms with Crippen molar-refractivity contribution >= 4 is 5.82 Å². The summed E-state index contributed by atoms with van der Waals surface area (Å²) in [6.45, 7) is 3.68. The lowest BCUT2D eigenvalue weighted by Gasteiger charge is -2.32. The fraction of sp³-hybridized carbons (Fsp3) is 0.529. The van der Waals surface area contributed by atoms with Gasteiger partial charge in [0.2, 0.25) is 0 Å². The zero-order valence-electron chi connectivity index (χ0n) is 13.9. The maximum Gasteiger partial charge on any atom is 0.128 e. The predicted molar refractivity (Wildman–Crippen MR) is 90.5 cm³/mol. The number of ether oxygens (including phenoxy) is 1. The van der Waals surface area contributed by atoms with Crippen LogP contribution in [0.1, 0.15) is 17.7 Å². The second kappa shape index (κ2) is 7.57. The Morgan fingerprint density at radius 1 is 1.35 bits per heavy atom. The molecule has 2 aromatic heterocycles. The van der Waals surface area contributed by atoms with Crippen LogP contribution in [0.3, 0.4) is 0 Å². The number of anilines is 1. The van der Waals surface area contributed by atoms with E-state index in [9.17, 15) is 0 Å². The van der Waals surface area contributed by atoms with Gasteiger partial charge < -0.3 is 9.64 Å². The number of aryl methyl sites for hydroxylation is 1. The highest BCUT2D eigenvalue weighted by Crippen LogP contribution is 2.16. The van der Waals surface area contributed by atoms with Gasteiger partial charge in [0.25, 0.3) is 0 Å². The van der Waals surface area contributed by atoms with Crippen LogP contribution >= 0.6 is 0 Å². The maximum absolute atomic E-state index is 5.93. The third kappa shape index (κ3) is 4.53. The van der Waals surface area contributed by atoms with Crippen LogP contribution in [0.15, 0.2) is 30.6 Å². The lowest BCUT2D eigenvalue weighted by atomic mass is 10.1. The summed E-state index contributed by atoms with van der Waals surface area (Å²) in [6.07, 6.45) is 6.04. The molecule has 0 aliphatic carbocycles. The van der Waals surface area contributed by atoms with E-state index in [-0.39, 0.29) is 0 Å². The molecule has 1 atom stereocenters. The first-order valence-corrected chi connectivity index (χ1v) is 8.15. The highest BCUT2D eigenvalue weighted by atomic mass is 16.5. The topological polar surface area (TPSA) is 57.3 Å². The van der Waals surface area contributed by atoms with Crippen molar-refractivity contribution in [2.75, 3.05) is 38.7 Å². The minimum atomic E-state index is 0.294. The van der Waals surface area contributed by atoms with Gasteiger partial charge in [-0.15, -0.1) is 0 Å². The standard InChI is InChI=1S/C17H25N5O/c1-21(2)17-11-14(5-7-18-17)3-4-16-13-22(9-10-23-16)12-15-6-8-19-20-15/h5-8,11,16H,3-4,9-10,12-13H2,1-2H3,(H,19,20). The van der Waals surface area contributed by atoms with Crippen molar-refractivity contribution in [3.8, 4) is 0 Å². The molecule has 3 rings (SSSR count). The van der Waals surface area contributed by atoms with E-state index in [2.05, 4.69) is 32.2 Å². The summed E-state index contributed by atoms with van der Waals surface area (Å²) >= 11 is 0. The van der Waals surface area contributed by atoms with Crippen LogP contribution in [0, 0.1) is 0 Å². The van der Waals surface area contributed by atoms with Crippen molar-refractivity contribution in [2.24, 2.45) is 0 Å². The summed E-state index contributed by atoms with van der Waals surface area (Å²) < 4.78 is 5.93. The Bertz CT molecular complexity index is 599. The number of H-pyrrole nitrogens is 1. The molecule has 0 aromatic carbocycles. The second-order valence-electron chi connectivity index (χ2n) is 6.27. The van der Waals surface area contributed by atoms with E-state index in [0.29, 0.717) is 6.10 Å². The van der Waals surface area contributed by atoms with Crippen LogP contribution < -0.4 is 4.90 Å². The van der Waals surface area contributed by atoms with E-state index < -0.39 is 0 Å². The summed E-state index contributed by atoms with van der Waals surface area (Å²) in [5, 5.41) is 7.04. The molecule has 0 spiro atoms. The van der Waals surface area contributed by atoms with Gasteiger partial charge in [-0.05, 0) is 36.6 Å². The van der Waals surface area contributed by atoms with Gasteiger partial charge in [0, 0.05) is 51.8 Å². The largest absolute Gasteiger partial charge is 0.376 e. The number of nitrogens with one attached hydrogen (secondary N) is 1. The molecule has 6 heteroatoms. The molecule has 124 valence electrons. The van der Waals surface area contributed by atoms with Crippen molar-refractivity contribution in [1.82, 2.24) is 20.1 Å². The van der Waals surface area contributed by atoms with Gasteiger partial charge in [-0.25, -0.2) is 4.98 Å². The lowest BCUT2D eigenvalue weighted by molar-refractivity contribution is -0.0349. The molecule has 1 unspecified atom stereocenters. The Kier molecular flexibility index (Phi) is 5.25. The molecule has 1 saturated heterocycles. The first kappa shape index (κ1) is 16.0. The Hall–Kier alpha value is -1.92. The number of nitrogens with zero attached hydrogens (tertiary/aromatic N) is 4. The van der Waals surface area contributed by atoms with E-state index in [1.165, 1.54) is 5.56 Å². The van der Waals surface area contributed by atoms with E-state index in [4.69, 9.17) is 4.74 Å². The van der Waals surface area contributed by atoms with Crippen molar-refractivity contribution < 1.29 is 4.74 Å². The molecule has 0 radical (unpaired) electrons. The summed E-state index contributed by atoms with van der Waals surface area (Å²) in [7, 11) is 4.04. The van der Waals surface area contributed by atoms with Gasteiger partial charge in [0.1, 0.15) is 5.82 Å². The van der Waals surface area contributed by atoms with Crippen molar-refractivity contribution in [3.05, 3.63) is 41.9 Å². The summed E-state index contributed by atoms with van der Waals surface area (Å²) in [4.78, 5) is 8.83. The second-order valence-corrected chi connectivity index (χ2v) is 6.27. The van der Waals surface area contributed by atoms with Crippen molar-refractivity contribution in [1.29, 1.82) is 0 Å². The Balaban J connectivity index is 1.50. The lowest BCUT2D eigenvalue weighted by Crippen LogP contribution is -2.42. The van der Waals surface area contributed by atoms with Crippen molar-refractivity contribution in [2.45, 2.75) is 25.5 Å². The van der Waals surface area contributed by atoms with Gasteiger partial charge in [-0.3, -0.25) is 10.00 Å². The third-order valence-corrected chi connectivity index (χ3v) is 4.20. The van der Waals surface area contributed by atoms with E-state index >= 15 is 0 Å². The molecule has 0 amide bonds. The Morgan fingerprint density at radius 3 is 3.04 bits per heavy atom. The van der Waals surface area contributed by atoms with Gasteiger partial charge in [0.05, 0.1) is 12.7 Å². The normalized spacial score (nSPS) is 19.0. The van der Waals surface area contributed by atoms with Crippen LogP contribution in [0.2, 0.25) is 0 Å². The van der Waals surface area contributed by atoms with Crippen molar-refractivity contribution in [3.63, 3.8) is 0 Å². The van der Waals surface area contributed by atoms with Crippen LogP contribution in [-0.2, 0) is 17.7 Å². The molecule has 1 aliphatic heterocycles. The number of hydrogen-bond acceptors (Lipinski definition) is 5. The van der Waals surface area contributed by atoms with Crippen LogP contribution in [0.5, 0.6) is 0 Å². The smallest absolute Gasteiger partial charge is 0.128 e. The monoisotopic (exact) mass is 315 g/mol. The Morgan fingerprint density at radius 2 is 2.26 bits per heavy atom. The van der Waals surface area contributed by atoms with Gasteiger partial charge in [0.15, 0.2) is 0 Å². The molecule has 1 N–H and O–H groups in total. The molecule has 0 saturated carbocycles. The average molecular weight is 315 g/mol. The fourth-order valence-corrected chi connectivity index (χ4v) is 2.90. The highest BCUT2D eigenvalue weighted by Gasteiger charge is 2.20. The van der Waals surface area contributed by atoms with Crippen LogP contribution in [0.4, 0.5) is 5.82 Å². The minimum Gasteiger partial charge on any atom is -0.376 e. The Labute approximate surface area is 137 Å². The molecular formula is C17H25N5O. The highest BCUT2D eigenvalue weighted by molar-refractivity contribution is 5.39. The SMILES string of the molecule is CN(C)c1cc(CCC2CN(Cc3ccn[nH]3)CCO2)ccn1. The van der Waals surface area contributed by atoms with E-state index in [1.807, 2.05) is 31.3 Å². The van der Waals surface area contributed by atoms with Gasteiger partial charge in [-0.2, -0.15) is 5.10 Å². The van der Waals surface area contributed by atoms with E-state index in [0.717, 1.165) is 50.6 Å². The molecule has 1 fully saturated rings. The molecule has 2 aromatic rings. The molecule has 1 aliphatic rings. The number of hydrogen-bond donors (Lipinski definition) is 1. The minimum absolute atomic E-state index is 0.294. The molecule has 3 heterocycles. The number of morpholine rings is 1. The third-order valence-electron chi connectivity index (χ3n) is 4.20. The molecule has 6 nitrogen and oxygen atoms in total. The van der Waals surface area contributed by atoms with Gasteiger partial charge in [-0.1, -0.05) is 0 Å².